The number of rotatable bonds is 5. The number of nitrogens with two attached hydrogens (primary N) is 1. The Morgan fingerprint density at radius 1 is 1.32 bits per heavy atom. The molecule has 0 aromatic carbocycles. The average molecular weight is 351 g/mol. The monoisotopic (exact) mass is 351 g/mol. The van der Waals surface area contributed by atoms with Crippen LogP contribution in [0.3, 0.4) is 0 Å². The van der Waals surface area contributed by atoms with Crippen molar-refractivity contribution in [1.29, 1.82) is 0 Å². The number of alkyl halides is 4. The van der Waals surface area contributed by atoms with Crippen LogP contribution in [0.4, 0.5) is 26.3 Å². The molecule has 0 saturated carbocycles. The second-order valence-electron chi connectivity index (χ2n) is 4.70. The van der Waals surface area contributed by atoms with Crippen LogP contribution in [-0.2, 0) is 14.6 Å². The maximum absolute atomic E-state index is 14.4. The smallest absolute Gasteiger partial charge is 0.369 e. The Kier molecular flexibility index (Phi) is 5.00. The molecule has 1 rings (SSSR count). The molecule has 0 saturated heterocycles. The number of hydrogen-bond acceptors (Lipinski definition) is 3. The van der Waals surface area contributed by atoms with E-state index in [1.54, 1.807) is 0 Å². The van der Waals surface area contributed by atoms with Crippen molar-refractivity contribution >= 4 is 15.7 Å². The molecule has 2 N–H and O–H groups in total. The SMILES string of the molecule is NC(=O)CC1=CC(F)=C(F)C(F)(S(=O)(=O)CCC(F)(F)F)C1. The third-order valence-electron chi connectivity index (χ3n) is 2.87. The lowest BCUT2D eigenvalue weighted by molar-refractivity contribution is -0.130. The molecule has 0 heterocycles. The van der Waals surface area contributed by atoms with Crippen molar-refractivity contribution in [3.8, 4) is 0 Å². The minimum absolute atomic E-state index is 0.400. The molecule has 1 aliphatic rings. The number of halogens is 6. The first kappa shape index (κ1) is 18.5. The fraction of sp³-hybridized carbons (Fsp3) is 0.545. The van der Waals surface area contributed by atoms with Crippen LogP contribution in [0.1, 0.15) is 19.3 Å². The van der Waals surface area contributed by atoms with Crippen LogP contribution >= 0.6 is 0 Å². The molecule has 0 radical (unpaired) electrons. The van der Waals surface area contributed by atoms with E-state index in [1.165, 1.54) is 0 Å². The van der Waals surface area contributed by atoms with Gasteiger partial charge in [-0.1, -0.05) is 5.57 Å². The first-order valence-electron chi connectivity index (χ1n) is 5.80. The number of sulfone groups is 1. The molecular formula is C11H11F6NO3S. The van der Waals surface area contributed by atoms with Crippen molar-refractivity contribution in [3.63, 3.8) is 0 Å². The predicted octanol–water partition coefficient (Wildman–Crippen LogP) is 2.38. The van der Waals surface area contributed by atoms with E-state index in [-0.39, 0.29) is 0 Å². The summed E-state index contributed by atoms with van der Waals surface area (Å²) in [6, 6.07) is 0. The maximum Gasteiger partial charge on any atom is 0.390 e. The Labute approximate surface area is 121 Å². The van der Waals surface area contributed by atoms with Crippen LogP contribution in [0.5, 0.6) is 0 Å². The third-order valence-corrected chi connectivity index (χ3v) is 4.92. The zero-order chi connectivity index (χ0) is 17.3. The molecule has 0 aliphatic heterocycles. The summed E-state index contributed by atoms with van der Waals surface area (Å²) in [7, 11) is -5.32. The molecular weight excluding hydrogens is 340 g/mol. The zero-order valence-electron chi connectivity index (χ0n) is 10.9. The summed E-state index contributed by atoms with van der Waals surface area (Å²) in [5, 5.41) is -3.98. The normalized spacial score (nSPS) is 23.5. The molecule has 1 aliphatic carbocycles. The molecule has 0 bridgehead atoms. The Hall–Kier alpha value is -1.52. The number of carbonyl (C=O) groups excluding carboxylic acids is 1. The van der Waals surface area contributed by atoms with Gasteiger partial charge in [-0.2, -0.15) is 13.2 Å². The van der Waals surface area contributed by atoms with Gasteiger partial charge in [-0.15, -0.1) is 0 Å². The molecule has 4 nitrogen and oxygen atoms in total. The van der Waals surface area contributed by atoms with Crippen LogP contribution in [0, 0.1) is 0 Å². The maximum atomic E-state index is 14.4. The molecule has 0 fully saturated rings. The second kappa shape index (κ2) is 5.94. The van der Waals surface area contributed by atoms with E-state index in [2.05, 4.69) is 0 Å². The summed E-state index contributed by atoms with van der Waals surface area (Å²) in [6.45, 7) is 0. The molecule has 11 heteroatoms. The lowest BCUT2D eigenvalue weighted by Crippen LogP contribution is -2.40. The van der Waals surface area contributed by atoms with Gasteiger partial charge in [0.05, 0.1) is 12.2 Å². The van der Waals surface area contributed by atoms with E-state index in [9.17, 15) is 39.6 Å². The summed E-state index contributed by atoms with van der Waals surface area (Å²) >= 11 is 0. The summed E-state index contributed by atoms with van der Waals surface area (Å²) < 4.78 is 101. The lowest BCUT2D eigenvalue weighted by atomic mass is 9.98. The summed E-state index contributed by atoms with van der Waals surface area (Å²) in [4.78, 5) is 10.7. The second-order valence-corrected chi connectivity index (χ2v) is 6.98. The predicted molar refractivity (Wildman–Crippen MR) is 64.1 cm³/mol. The number of carbonyl (C=O) groups is 1. The van der Waals surface area contributed by atoms with Gasteiger partial charge < -0.3 is 5.73 Å². The van der Waals surface area contributed by atoms with Crippen LogP contribution in [0.2, 0.25) is 0 Å². The van der Waals surface area contributed by atoms with E-state index in [4.69, 9.17) is 5.73 Å². The first-order valence-corrected chi connectivity index (χ1v) is 7.45. The Morgan fingerprint density at radius 2 is 1.86 bits per heavy atom. The number of hydrogen-bond donors (Lipinski definition) is 1. The van der Waals surface area contributed by atoms with Crippen molar-refractivity contribution in [2.24, 2.45) is 5.73 Å². The van der Waals surface area contributed by atoms with E-state index in [0.717, 1.165) is 0 Å². The van der Waals surface area contributed by atoms with Gasteiger partial charge in [0.2, 0.25) is 5.91 Å². The number of amides is 1. The van der Waals surface area contributed by atoms with Crippen molar-refractivity contribution in [1.82, 2.24) is 0 Å². The summed E-state index contributed by atoms with van der Waals surface area (Å²) in [5.74, 6) is -7.04. The fourth-order valence-corrected chi connectivity index (χ4v) is 3.44. The van der Waals surface area contributed by atoms with Crippen molar-refractivity contribution in [3.05, 3.63) is 23.3 Å². The molecule has 0 spiro atoms. The topological polar surface area (TPSA) is 77.2 Å². The third kappa shape index (κ3) is 4.02. The lowest BCUT2D eigenvalue weighted by Gasteiger charge is -2.28. The van der Waals surface area contributed by atoms with Gasteiger partial charge in [0.25, 0.3) is 5.00 Å². The van der Waals surface area contributed by atoms with Crippen molar-refractivity contribution in [2.45, 2.75) is 30.4 Å². The quantitative estimate of drug-likeness (QED) is 0.773. The minimum atomic E-state index is -5.32. The highest BCUT2D eigenvalue weighted by Gasteiger charge is 2.53. The molecule has 0 aromatic rings. The van der Waals surface area contributed by atoms with Crippen LogP contribution in [0.25, 0.3) is 0 Å². The molecule has 1 unspecified atom stereocenters. The molecule has 1 atom stereocenters. The largest absolute Gasteiger partial charge is 0.390 e. The number of primary amides is 1. The molecule has 22 heavy (non-hydrogen) atoms. The Morgan fingerprint density at radius 3 is 2.32 bits per heavy atom. The molecule has 0 aromatic heterocycles. The summed E-state index contributed by atoms with van der Waals surface area (Å²) in [5.41, 5.74) is 4.32. The van der Waals surface area contributed by atoms with E-state index < -0.39 is 69.2 Å². The fourth-order valence-electron chi connectivity index (χ4n) is 1.84. The van der Waals surface area contributed by atoms with E-state index in [1.807, 2.05) is 0 Å². The zero-order valence-corrected chi connectivity index (χ0v) is 11.7. The van der Waals surface area contributed by atoms with Crippen LogP contribution < -0.4 is 5.73 Å². The highest BCUT2D eigenvalue weighted by atomic mass is 32.2. The molecule has 126 valence electrons. The van der Waals surface area contributed by atoms with Gasteiger partial charge in [-0.25, -0.2) is 21.6 Å². The Bertz CT molecular complexity index is 637. The Balaban J connectivity index is 3.16. The van der Waals surface area contributed by atoms with Gasteiger partial charge in [-0.3, -0.25) is 4.79 Å². The first-order chi connectivity index (χ1) is 9.78. The van der Waals surface area contributed by atoms with Gasteiger partial charge in [0.15, 0.2) is 21.5 Å². The van der Waals surface area contributed by atoms with Crippen LogP contribution in [-0.4, -0.2) is 31.3 Å². The standard InChI is InChI=1S/C11H11F6NO3S/c12-7-3-6(4-8(18)19)5-10(14,9(7)13)22(20,21)2-1-11(15,16)17/h3H,1-2,4-5H2,(H2,18,19). The molecule has 1 amide bonds. The number of allylic oxidation sites excluding steroid dienone is 2. The van der Waals surface area contributed by atoms with Crippen molar-refractivity contribution < 1.29 is 39.6 Å². The van der Waals surface area contributed by atoms with E-state index in [0.29, 0.717) is 6.08 Å². The minimum Gasteiger partial charge on any atom is -0.369 e. The van der Waals surface area contributed by atoms with Gasteiger partial charge in [0.1, 0.15) is 0 Å². The van der Waals surface area contributed by atoms with Crippen molar-refractivity contribution in [2.75, 3.05) is 5.75 Å². The summed E-state index contributed by atoms with van der Waals surface area (Å²) in [6.07, 6.45) is -8.47. The highest BCUT2D eigenvalue weighted by Crippen LogP contribution is 2.43. The average Bonchev–Trinajstić information content (AvgIpc) is 2.32. The van der Waals surface area contributed by atoms with Gasteiger partial charge >= 0.3 is 6.18 Å². The van der Waals surface area contributed by atoms with E-state index >= 15 is 0 Å². The van der Waals surface area contributed by atoms with Gasteiger partial charge in [0, 0.05) is 12.8 Å². The van der Waals surface area contributed by atoms with Gasteiger partial charge in [-0.05, 0) is 6.08 Å². The van der Waals surface area contributed by atoms with Crippen LogP contribution in [0.15, 0.2) is 23.3 Å². The highest BCUT2D eigenvalue weighted by molar-refractivity contribution is 7.92.